The second-order valence-corrected chi connectivity index (χ2v) is 6.74. The van der Waals surface area contributed by atoms with Gasteiger partial charge in [-0.15, -0.1) is 0 Å². The normalized spacial score (nSPS) is 17.8. The number of benzene rings is 1. The van der Waals surface area contributed by atoms with Crippen molar-refractivity contribution in [1.82, 2.24) is 9.88 Å². The Kier molecular flexibility index (Phi) is 4.55. The number of hydrogen-bond acceptors (Lipinski definition) is 4. The molecule has 1 aromatic carbocycles. The number of nitrogens with zero attached hydrogens (tertiary/aromatic N) is 4. The predicted molar refractivity (Wildman–Crippen MR) is 100 cm³/mol. The maximum Gasteiger partial charge on any atom is 0.255 e. The fourth-order valence-electron chi connectivity index (χ4n) is 3.68. The van der Waals surface area contributed by atoms with E-state index in [0.29, 0.717) is 5.56 Å². The Morgan fingerprint density at radius 2 is 1.48 bits per heavy atom. The number of carbonyl (C=O) groups excluding carboxylic acids is 1. The van der Waals surface area contributed by atoms with Gasteiger partial charge in [0.25, 0.3) is 5.91 Å². The predicted octanol–water partition coefficient (Wildman–Crippen LogP) is 2.64. The summed E-state index contributed by atoms with van der Waals surface area (Å²) < 4.78 is 0. The number of pyridine rings is 1. The summed E-state index contributed by atoms with van der Waals surface area (Å²) in [6.07, 6.45) is 6.01. The topological polar surface area (TPSA) is 39.7 Å². The van der Waals surface area contributed by atoms with Crippen molar-refractivity contribution in [2.45, 2.75) is 12.8 Å². The molecule has 4 rings (SSSR count). The van der Waals surface area contributed by atoms with Crippen molar-refractivity contribution in [3.05, 3.63) is 54.4 Å². The third-order valence-electron chi connectivity index (χ3n) is 5.13. The molecule has 2 aromatic rings. The van der Waals surface area contributed by atoms with Crippen molar-refractivity contribution in [3.63, 3.8) is 0 Å². The van der Waals surface area contributed by atoms with E-state index in [-0.39, 0.29) is 5.91 Å². The molecule has 0 aliphatic carbocycles. The van der Waals surface area contributed by atoms with Crippen LogP contribution in [0.5, 0.6) is 0 Å². The van der Waals surface area contributed by atoms with Gasteiger partial charge in [0.1, 0.15) is 0 Å². The molecule has 2 aliphatic heterocycles. The van der Waals surface area contributed by atoms with E-state index in [0.717, 1.165) is 45.0 Å². The van der Waals surface area contributed by atoms with Crippen molar-refractivity contribution in [2.24, 2.45) is 0 Å². The quantitative estimate of drug-likeness (QED) is 0.864. The third kappa shape index (κ3) is 3.45. The van der Waals surface area contributed by atoms with Crippen LogP contribution in [0.3, 0.4) is 0 Å². The largest absolute Gasteiger partial charge is 0.370 e. The van der Waals surface area contributed by atoms with Crippen LogP contribution in [0.25, 0.3) is 0 Å². The van der Waals surface area contributed by atoms with Crippen LogP contribution in [0, 0.1) is 0 Å². The van der Waals surface area contributed by atoms with Gasteiger partial charge in [-0.2, -0.15) is 0 Å². The lowest BCUT2D eigenvalue weighted by Crippen LogP contribution is -2.48. The zero-order valence-corrected chi connectivity index (χ0v) is 14.5. The highest BCUT2D eigenvalue weighted by molar-refractivity contribution is 5.95. The van der Waals surface area contributed by atoms with Gasteiger partial charge < -0.3 is 14.7 Å². The second kappa shape index (κ2) is 7.13. The van der Waals surface area contributed by atoms with Gasteiger partial charge in [-0.1, -0.05) is 18.2 Å². The first kappa shape index (κ1) is 15.9. The molecular formula is C20H24N4O. The SMILES string of the molecule is O=C(c1cncc(N2CCCC2)c1)N1CCN(c2ccccc2)CC1. The number of rotatable bonds is 3. The molecule has 5 heteroatoms. The van der Waals surface area contributed by atoms with Gasteiger partial charge in [0.2, 0.25) is 0 Å². The Bertz CT molecular complexity index is 719. The maximum absolute atomic E-state index is 12.9. The monoisotopic (exact) mass is 336 g/mol. The Morgan fingerprint density at radius 3 is 2.20 bits per heavy atom. The molecule has 130 valence electrons. The van der Waals surface area contributed by atoms with E-state index in [1.54, 1.807) is 6.20 Å². The van der Waals surface area contributed by atoms with Gasteiger partial charge in [-0.3, -0.25) is 9.78 Å². The van der Waals surface area contributed by atoms with Gasteiger partial charge in [-0.05, 0) is 31.0 Å². The van der Waals surface area contributed by atoms with Crippen molar-refractivity contribution < 1.29 is 4.79 Å². The van der Waals surface area contributed by atoms with Crippen LogP contribution in [0.15, 0.2) is 48.8 Å². The standard InChI is InChI=1S/C20H24N4O/c25-20(17-14-19(16-21-15-17)22-8-4-5-9-22)24-12-10-23(11-13-24)18-6-2-1-3-7-18/h1-3,6-7,14-16H,4-5,8-13H2. The highest BCUT2D eigenvalue weighted by atomic mass is 16.2. The molecule has 1 amide bonds. The van der Waals surface area contributed by atoms with Crippen LogP contribution < -0.4 is 9.80 Å². The van der Waals surface area contributed by atoms with E-state index in [1.807, 2.05) is 23.2 Å². The number of para-hydroxylation sites is 1. The molecule has 0 radical (unpaired) electrons. The molecule has 2 aliphatic rings. The lowest BCUT2D eigenvalue weighted by molar-refractivity contribution is 0.0746. The summed E-state index contributed by atoms with van der Waals surface area (Å²) in [5.41, 5.74) is 3.01. The number of amides is 1. The molecule has 0 spiro atoms. The van der Waals surface area contributed by atoms with Crippen LogP contribution in [0.2, 0.25) is 0 Å². The summed E-state index contributed by atoms with van der Waals surface area (Å²) in [6.45, 7) is 5.37. The van der Waals surface area contributed by atoms with Crippen LogP contribution in [-0.4, -0.2) is 55.1 Å². The summed E-state index contributed by atoms with van der Waals surface area (Å²) in [7, 11) is 0. The van der Waals surface area contributed by atoms with E-state index in [2.05, 4.69) is 39.0 Å². The molecule has 25 heavy (non-hydrogen) atoms. The third-order valence-corrected chi connectivity index (χ3v) is 5.13. The molecule has 2 saturated heterocycles. The molecular weight excluding hydrogens is 312 g/mol. The van der Waals surface area contributed by atoms with Gasteiger partial charge in [0.05, 0.1) is 17.4 Å². The number of aromatic nitrogens is 1. The molecule has 0 N–H and O–H groups in total. The average molecular weight is 336 g/mol. The number of hydrogen-bond donors (Lipinski definition) is 0. The van der Waals surface area contributed by atoms with Gasteiger partial charge >= 0.3 is 0 Å². The van der Waals surface area contributed by atoms with E-state index >= 15 is 0 Å². The van der Waals surface area contributed by atoms with Crippen LogP contribution in [0.1, 0.15) is 23.2 Å². The van der Waals surface area contributed by atoms with Crippen molar-refractivity contribution in [1.29, 1.82) is 0 Å². The summed E-state index contributed by atoms with van der Waals surface area (Å²) >= 11 is 0. The summed E-state index contributed by atoms with van der Waals surface area (Å²) in [5.74, 6) is 0.0984. The fourth-order valence-corrected chi connectivity index (χ4v) is 3.68. The Morgan fingerprint density at radius 1 is 0.800 bits per heavy atom. The summed E-state index contributed by atoms with van der Waals surface area (Å²) in [4.78, 5) is 23.8. The highest BCUT2D eigenvalue weighted by Gasteiger charge is 2.23. The Hall–Kier alpha value is -2.56. The van der Waals surface area contributed by atoms with Gasteiger partial charge in [0.15, 0.2) is 0 Å². The van der Waals surface area contributed by atoms with Crippen molar-refractivity contribution >= 4 is 17.3 Å². The molecule has 2 fully saturated rings. The van der Waals surface area contributed by atoms with Crippen LogP contribution in [0.4, 0.5) is 11.4 Å². The Balaban J connectivity index is 1.41. The number of piperazine rings is 1. The average Bonchev–Trinajstić information content (AvgIpc) is 3.23. The molecule has 1 aromatic heterocycles. The first-order valence-corrected chi connectivity index (χ1v) is 9.10. The highest BCUT2D eigenvalue weighted by Crippen LogP contribution is 2.21. The smallest absolute Gasteiger partial charge is 0.255 e. The zero-order chi connectivity index (χ0) is 17.1. The number of carbonyl (C=O) groups is 1. The number of anilines is 2. The maximum atomic E-state index is 12.9. The minimum absolute atomic E-state index is 0.0984. The summed E-state index contributed by atoms with van der Waals surface area (Å²) in [6, 6.07) is 12.4. The van der Waals surface area contributed by atoms with E-state index in [1.165, 1.54) is 18.5 Å². The molecule has 0 unspecified atom stereocenters. The second-order valence-electron chi connectivity index (χ2n) is 6.74. The van der Waals surface area contributed by atoms with E-state index < -0.39 is 0 Å². The lowest BCUT2D eigenvalue weighted by atomic mass is 10.2. The van der Waals surface area contributed by atoms with Crippen molar-refractivity contribution in [3.8, 4) is 0 Å². The zero-order valence-electron chi connectivity index (χ0n) is 14.5. The van der Waals surface area contributed by atoms with Crippen LogP contribution >= 0.6 is 0 Å². The van der Waals surface area contributed by atoms with Gasteiger partial charge in [0, 0.05) is 51.2 Å². The molecule has 3 heterocycles. The minimum Gasteiger partial charge on any atom is -0.370 e. The van der Waals surface area contributed by atoms with Crippen molar-refractivity contribution in [2.75, 3.05) is 49.1 Å². The molecule has 0 atom stereocenters. The summed E-state index contributed by atoms with van der Waals surface area (Å²) in [5, 5.41) is 0. The molecule has 5 nitrogen and oxygen atoms in total. The minimum atomic E-state index is 0.0984. The Labute approximate surface area is 148 Å². The first-order valence-electron chi connectivity index (χ1n) is 9.10. The van der Waals surface area contributed by atoms with E-state index in [4.69, 9.17) is 0 Å². The van der Waals surface area contributed by atoms with Gasteiger partial charge in [-0.25, -0.2) is 0 Å². The van der Waals surface area contributed by atoms with E-state index in [9.17, 15) is 4.79 Å². The molecule has 0 bridgehead atoms. The van der Waals surface area contributed by atoms with Crippen LogP contribution in [-0.2, 0) is 0 Å². The lowest BCUT2D eigenvalue weighted by Gasteiger charge is -2.36. The fraction of sp³-hybridized carbons (Fsp3) is 0.400. The first-order chi connectivity index (χ1) is 12.3. The molecule has 0 saturated carbocycles.